The molecule has 0 aromatic heterocycles. The summed E-state index contributed by atoms with van der Waals surface area (Å²) < 4.78 is 10.8. The fourth-order valence-corrected chi connectivity index (χ4v) is 1.83. The lowest BCUT2D eigenvalue weighted by molar-refractivity contribution is 0.202. The second kappa shape index (κ2) is 7.31. The predicted molar refractivity (Wildman–Crippen MR) is 81.0 cm³/mol. The van der Waals surface area contributed by atoms with Crippen molar-refractivity contribution < 1.29 is 14.7 Å². The van der Waals surface area contributed by atoms with Gasteiger partial charge in [0.1, 0.15) is 11.5 Å². The third kappa shape index (κ3) is 4.22. The molecule has 0 aliphatic rings. The average molecular weight is 286 g/mol. The van der Waals surface area contributed by atoms with Crippen LogP contribution >= 0.6 is 0 Å². The Bertz CT molecular complexity index is 592. The van der Waals surface area contributed by atoms with Gasteiger partial charge in [-0.05, 0) is 48.4 Å². The van der Waals surface area contributed by atoms with Gasteiger partial charge in [-0.2, -0.15) is 0 Å². The van der Waals surface area contributed by atoms with E-state index in [1.54, 1.807) is 31.4 Å². The summed E-state index contributed by atoms with van der Waals surface area (Å²) >= 11 is 0. The molecule has 0 unspecified atom stereocenters. The van der Waals surface area contributed by atoms with E-state index in [0.717, 1.165) is 12.2 Å². The first-order valence-electron chi connectivity index (χ1n) is 6.56. The maximum atomic E-state index is 8.60. The highest BCUT2D eigenvalue weighted by molar-refractivity contribution is 5.97. The fourth-order valence-electron chi connectivity index (χ4n) is 1.83. The first kappa shape index (κ1) is 14.9. The van der Waals surface area contributed by atoms with Crippen molar-refractivity contribution in [1.82, 2.24) is 0 Å². The van der Waals surface area contributed by atoms with Crippen molar-refractivity contribution in [1.29, 1.82) is 0 Å². The van der Waals surface area contributed by atoms with E-state index >= 15 is 0 Å². The van der Waals surface area contributed by atoms with Crippen molar-refractivity contribution in [2.45, 2.75) is 6.42 Å². The Balaban J connectivity index is 2.01. The molecular formula is C16H18N2O3. The summed E-state index contributed by atoms with van der Waals surface area (Å²) in [7, 11) is 1.69. The van der Waals surface area contributed by atoms with Crippen LogP contribution in [0.3, 0.4) is 0 Å². The van der Waals surface area contributed by atoms with Crippen LogP contribution in [0.1, 0.15) is 11.1 Å². The molecule has 5 nitrogen and oxygen atoms in total. The van der Waals surface area contributed by atoms with Gasteiger partial charge < -0.3 is 20.4 Å². The van der Waals surface area contributed by atoms with Crippen LogP contribution in [-0.4, -0.2) is 24.8 Å². The van der Waals surface area contributed by atoms with Crippen LogP contribution in [0.5, 0.6) is 11.5 Å². The van der Waals surface area contributed by atoms with Gasteiger partial charge in [-0.25, -0.2) is 0 Å². The van der Waals surface area contributed by atoms with Gasteiger partial charge in [0.15, 0.2) is 5.84 Å². The molecular weight excluding hydrogens is 268 g/mol. The topological polar surface area (TPSA) is 77.1 Å². The zero-order chi connectivity index (χ0) is 15.1. The molecule has 3 N–H and O–H groups in total. The summed E-state index contributed by atoms with van der Waals surface area (Å²) in [5.74, 6) is 1.52. The van der Waals surface area contributed by atoms with E-state index in [9.17, 15) is 0 Å². The van der Waals surface area contributed by atoms with E-state index in [1.807, 2.05) is 24.3 Å². The third-order valence-corrected chi connectivity index (χ3v) is 3.01. The van der Waals surface area contributed by atoms with Gasteiger partial charge >= 0.3 is 0 Å². The molecule has 0 radical (unpaired) electrons. The van der Waals surface area contributed by atoms with Crippen LogP contribution in [0.25, 0.3) is 0 Å². The Kier molecular flexibility index (Phi) is 5.17. The van der Waals surface area contributed by atoms with Crippen LogP contribution in [0.2, 0.25) is 0 Å². The Morgan fingerprint density at radius 3 is 2.14 bits per heavy atom. The van der Waals surface area contributed by atoms with E-state index in [-0.39, 0.29) is 5.84 Å². The van der Waals surface area contributed by atoms with E-state index in [4.69, 9.17) is 20.4 Å². The normalized spacial score (nSPS) is 11.4. The standard InChI is InChI=1S/C16H18N2O3/c1-20-11-10-12-2-6-14(7-3-12)21-15-8-4-13(5-9-15)16(17)18-19/h2-9,19H,10-11H2,1H3,(H2,17,18). The second-order valence-electron chi connectivity index (χ2n) is 4.50. The SMILES string of the molecule is COCCc1ccc(Oc2ccc(/C(N)=N/O)cc2)cc1. The molecule has 5 heteroatoms. The van der Waals surface area contributed by atoms with Crippen molar-refractivity contribution in [3.05, 3.63) is 59.7 Å². The number of ether oxygens (including phenoxy) is 2. The highest BCUT2D eigenvalue weighted by atomic mass is 16.5. The monoisotopic (exact) mass is 286 g/mol. The number of methoxy groups -OCH3 is 1. The molecule has 0 atom stereocenters. The number of hydrogen-bond acceptors (Lipinski definition) is 4. The van der Waals surface area contributed by atoms with Crippen LogP contribution < -0.4 is 10.5 Å². The minimum absolute atomic E-state index is 0.0732. The number of nitrogens with zero attached hydrogens (tertiary/aromatic N) is 1. The summed E-state index contributed by atoms with van der Waals surface area (Å²) in [6.07, 6.45) is 0.880. The zero-order valence-corrected chi connectivity index (χ0v) is 11.8. The number of hydrogen-bond donors (Lipinski definition) is 2. The maximum Gasteiger partial charge on any atom is 0.170 e. The van der Waals surface area contributed by atoms with Crippen molar-refractivity contribution in [3.8, 4) is 11.5 Å². The minimum atomic E-state index is 0.0732. The summed E-state index contributed by atoms with van der Waals surface area (Å²) in [6.45, 7) is 0.704. The molecule has 2 rings (SSSR count). The summed E-state index contributed by atoms with van der Waals surface area (Å²) in [4.78, 5) is 0. The van der Waals surface area contributed by atoms with Crippen LogP contribution in [0, 0.1) is 0 Å². The molecule has 0 aliphatic heterocycles. The summed E-state index contributed by atoms with van der Waals surface area (Å²) in [5.41, 5.74) is 7.34. The van der Waals surface area contributed by atoms with Crippen molar-refractivity contribution in [3.63, 3.8) is 0 Å². The number of nitrogens with two attached hydrogens (primary N) is 1. The lowest BCUT2D eigenvalue weighted by atomic mass is 10.1. The Labute approximate surface area is 123 Å². The van der Waals surface area contributed by atoms with Crippen molar-refractivity contribution in [2.24, 2.45) is 10.9 Å². The maximum absolute atomic E-state index is 8.60. The molecule has 0 amide bonds. The highest BCUT2D eigenvalue weighted by Crippen LogP contribution is 2.22. The molecule has 2 aromatic carbocycles. The molecule has 2 aromatic rings. The number of rotatable bonds is 6. The summed E-state index contributed by atoms with van der Waals surface area (Å²) in [6, 6.07) is 14.9. The van der Waals surface area contributed by atoms with Gasteiger partial charge in [0, 0.05) is 12.7 Å². The number of amidine groups is 1. The molecule has 0 fully saturated rings. The van der Waals surface area contributed by atoms with Gasteiger partial charge in [-0.1, -0.05) is 17.3 Å². The third-order valence-electron chi connectivity index (χ3n) is 3.01. The summed E-state index contributed by atoms with van der Waals surface area (Å²) in [5, 5.41) is 11.6. The number of benzene rings is 2. The molecule has 0 spiro atoms. The van der Waals surface area contributed by atoms with E-state index in [1.165, 1.54) is 5.56 Å². The van der Waals surface area contributed by atoms with Crippen LogP contribution in [-0.2, 0) is 11.2 Å². The second-order valence-corrected chi connectivity index (χ2v) is 4.50. The van der Waals surface area contributed by atoms with Crippen LogP contribution in [0.15, 0.2) is 53.7 Å². The lowest BCUT2D eigenvalue weighted by Crippen LogP contribution is -2.12. The molecule has 0 aliphatic carbocycles. The molecule has 0 saturated carbocycles. The van der Waals surface area contributed by atoms with Gasteiger partial charge in [0.2, 0.25) is 0 Å². The average Bonchev–Trinajstić information content (AvgIpc) is 2.54. The van der Waals surface area contributed by atoms with Crippen molar-refractivity contribution in [2.75, 3.05) is 13.7 Å². The minimum Gasteiger partial charge on any atom is -0.457 e. The fraction of sp³-hybridized carbons (Fsp3) is 0.188. The van der Waals surface area contributed by atoms with Crippen molar-refractivity contribution >= 4 is 5.84 Å². The van der Waals surface area contributed by atoms with Crippen LogP contribution in [0.4, 0.5) is 0 Å². The molecule has 0 saturated heterocycles. The molecule has 0 heterocycles. The largest absolute Gasteiger partial charge is 0.457 e. The predicted octanol–water partition coefficient (Wildman–Crippen LogP) is 2.76. The van der Waals surface area contributed by atoms with E-state index in [0.29, 0.717) is 17.9 Å². The van der Waals surface area contributed by atoms with Gasteiger partial charge in [-0.3, -0.25) is 0 Å². The van der Waals surface area contributed by atoms with Gasteiger partial charge in [0.25, 0.3) is 0 Å². The molecule has 110 valence electrons. The first-order chi connectivity index (χ1) is 10.2. The highest BCUT2D eigenvalue weighted by Gasteiger charge is 2.01. The van der Waals surface area contributed by atoms with E-state index < -0.39 is 0 Å². The molecule has 0 bridgehead atoms. The Hall–Kier alpha value is -2.53. The number of oxime groups is 1. The van der Waals surface area contributed by atoms with Gasteiger partial charge in [-0.15, -0.1) is 0 Å². The Morgan fingerprint density at radius 2 is 1.62 bits per heavy atom. The van der Waals surface area contributed by atoms with E-state index in [2.05, 4.69) is 5.16 Å². The quantitative estimate of drug-likeness (QED) is 0.370. The zero-order valence-electron chi connectivity index (χ0n) is 11.8. The Morgan fingerprint density at radius 1 is 1.05 bits per heavy atom. The first-order valence-corrected chi connectivity index (χ1v) is 6.56. The van der Waals surface area contributed by atoms with Gasteiger partial charge in [0.05, 0.1) is 6.61 Å². The smallest absolute Gasteiger partial charge is 0.170 e. The lowest BCUT2D eigenvalue weighted by Gasteiger charge is -2.07. The molecule has 21 heavy (non-hydrogen) atoms.